The van der Waals surface area contributed by atoms with Crippen molar-refractivity contribution in [1.82, 2.24) is 4.98 Å². The fourth-order valence-electron chi connectivity index (χ4n) is 6.92. The lowest BCUT2D eigenvalue weighted by molar-refractivity contribution is 0.0877. The summed E-state index contributed by atoms with van der Waals surface area (Å²) in [5, 5.41) is 4.72. The second kappa shape index (κ2) is 8.87. The summed E-state index contributed by atoms with van der Waals surface area (Å²) >= 11 is 6.39. The van der Waals surface area contributed by atoms with Crippen molar-refractivity contribution in [2.75, 3.05) is 9.80 Å². The highest BCUT2D eigenvalue weighted by molar-refractivity contribution is 6.41. The summed E-state index contributed by atoms with van der Waals surface area (Å²) in [6.45, 7) is 1.96. The molecule has 7 aromatic rings. The molecule has 0 spiro atoms. The van der Waals surface area contributed by atoms with E-state index in [1.165, 1.54) is 9.80 Å². The Hall–Kier alpha value is -5.79. The van der Waals surface area contributed by atoms with E-state index in [-0.39, 0.29) is 11.8 Å². The van der Waals surface area contributed by atoms with Crippen molar-refractivity contribution < 1.29 is 19.2 Å². The highest BCUT2D eigenvalue weighted by Gasteiger charge is 2.36. The van der Waals surface area contributed by atoms with E-state index in [0.29, 0.717) is 54.8 Å². The maximum Gasteiger partial charge on any atom is 0.265 e. The molecule has 0 fully saturated rings. The average Bonchev–Trinajstić information content (AvgIpc) is 3.41. The number of hydrogen-bond donors (Lipinski definition) is 1. The van der Waals surface area contributed by atoms with Crippen molar-refractivity contribution in [2.45, 2.75) is 6.92 Å². The normalized spacial score (nSPS) is 14.5. The van der Waals surface area contributed by atoms with Crippen LogP contribution in [0.4, 0.5) is 11.4 Å². The van der Waals surface area contributed by atoms with Gasteiger partial charge in [0, 0.05) is 65.2 Å². The van der Waals surface area contributed by atoms with Gasteiger partial charge in [-0.2, -0.15) is 0 Å². The van der Waals surface area contributed by atoms with Crippen molar-refractivity contribution in [3.63, 3.8) is 0 Å². The third-order valence-electron chi connectivity index (χ3n) is 9.06. The number of aryl methyl sites for hydroxylation is 1. The number of hydrogen-bond acceptors (Lipinski definition) is 4. The van der Waals surface area contributed by atoms with Crippen LogP contribution in [0.1, 0.15) is 47.0 Å². The average molecular weight is 606 g/mol. The molecule has 1 N–H and O–H groups in total. The lowest BCUT2D eigenvalue weighted by Crippen LogP contribution is -2.40. The largest absolute Gasteiger partial charge is 0.355 e. The molecule has 45 heavy (non-hydrogen) atoms. The van der Waals surface area contributed by atoms with Crippen LogP contribution < -0.4 is 9.80 Å². The van der Waals surface area contributed by atoms with E-state index in [4.69, 9.17) is 11.6 Å². The molecule has 0 atom stereocenters. The summed E-state index contributed by atoms with van der Waals surface area (Å²) in [6, 6.07) is 28.5. The molecule has 0 radical (unpaired) electrons. The maximum absolute atomic E-state index is 13.8. The number of carbonyl (C=O) groups excluding carboxylic acids is 4. The Morgan fingerprint density at radius 2 is 0.978 bits per heavy atom. The highest BCUT2D eigenvalue weighted by atomic mass is 35.5. The van der Waals surface area contributed by atoms with Crippen molar-refractivity contribution in [1.29, 1.82) is 0 Å². The molecule has 8 heteroatoms. The van der Waals surface area contributed by atoms with Crippen LogP contribution in [-0.2, 0) is 0 Å². The van der Waals surface area contributed by atoms with Crippen molar-refractivity contribution in [2.24, 2.45) is 0 Å². The number of aromatic nitrogens is 1. The molecular formula is C37H20ClN3O4. The molecule has 0 aliphatic carbocycles. The minimum absolute atomic E-state index is 0.388. The predicted molar refractivity (Wildman–Crippen MR) is 176 cm³/mol. The second-order valence-corrected chi connectivity index (χ2v) is 11.9. The van der Waals surface area contributed by atoms with Crippen LogP contribution >= 0.6 is 11.6 Å². The Morgan fingerprint density at radius 3 is 1.53 bits per heavy atom. The van der Waals surface area contributed by atoms with Gasteiger partial charge in [-0.15, -0.1) is 0 Å². The Labute approximate surface area is 260 Å². The molecule has 6 aromatic carbocycles. The van der Waals surface area contributed by atoms with Gasteiger partial charge in [0.05, 0.1) is 11.4 Å². The van der Waals surface area contributed by atoms with Gasteiger partial charge in [0.1, 0.15) is 0 Å². The fraction of sp³-hybridized carbons (Fsp3) is 0.0270. The molecule has 9 rings (SSSR count). The number of carbonyl (C=O) groups is 4. The van der Waals surface area contributed by atoms with Crippen LogP contribution in [0, 0.1) is 6.92 Å². The van der Waals surface area contributed by atoms with Crippen LogP contribution in [0.2, 0.25) is 5.02 Å². The molecule has 4 amide bonds. The molecule has 214 valence electrons. The highest BCUT2D eigenvalue weighted by Crippen LogP contribution is 2.39. The molecule has 0 saturated heterocycles. The van der Waals surface area contributed by atoms with Gasteiger partial charge in [-0.1, -0.05) is 41.9 Å². The van der Waals surface area contributed by atoms with E-state index in [1.807, 2.05) is 37.3 Å². The van der Waals surface area contributed by atoms with E-state index in [1.54, 1.807) is 66.7 Å². The van der Waals surface area contributed by atoms with Gasteiger partial charge in [0.2, 0.25) is 0 Å². The van der Waals surface area contributed by atoms with Crippen molar-refractivity contribution in [3.8, 4) is 0 Å². The number of benzene rings is 6. The first-order valence-corrected chi connectivity index (χ1v) is 14.8. The number of fused-ring (bicyclic) bond motifs is 3. The number of aromatic amines is 1. The third kappa shape index (κ3) is 3.35. The number of amides is 4. The van der Waals surface area contributed by atoms with Gasteiger partial charge >= 0.3 is 0 Å². The number of nitrogens with one attached hydrogen (secondary N) is 1. The molecule has 3 heterocycles. The Morgan fingerprint density at radius 1 is 0.511 bits per heavy atom. The zero-order valence-electron chi connectivity index (χ0n) is 23.6. The quantitative estimate of drug-likeness (QED) is 0.201. The zero-order chi connectivity index (χ0) is 30.7. The lowest BCUT2D eigenvalue weighted by atomic mass is 9.91. The van der Waals surface area contributed by atoms with Gasteiger partial charge in [0.25, 0.3) is 23.6 Å². The summed E-state index contributed by atoms with van der Waals surface area (Å²) in [5.41, 5.74) is 5.14. The number of anilines is 2. The summed E-state index contributed by atoms with van der Waals surface area (Å²) in [6.07, 6.45) is 0. The zero-order valence-corrected chi connectivity index (χ0v) is 24.4. The second-order valence-electron chi connectivity index (χ2n) is 11.5. The first kappa shape index (κ1) is 25.7. The molecule has 0 unspecified atom stereocenters. The Kier molecular flexibility index (Phi) is 5.07. The number of nitrogens with zero attached hydrogens (tertiary/aromatic N) is 2. The van der Waals surface area contributed by atoms with Gasteiger partial charge in [0.15, 0.2) is 0 Å². The molecule has 2 aliphatic heterocycles. The van der Waals surface area contributed by atoms with Crippen LogP contribution in [0.15, 0.2) is 97.1 Å². The minimum atomic E-state index is -0.437. The van der Waals surface area contributed by atoms with Crippen LogP contribution in [-0.4, -0.2) is 28.6 Å². The number of H-pyrrole nitrogens is 1. The van der Waals surface area contributed by atoms with Crippen molar-refractivity contribution in [3.05, 3.63) is 130 Å². The van der Waals surface area contributed by atoms with Gasteiger partial charge in [-0.05, 0) is 84.6 Å². The SMILES string of the molecule is Cc1ccc2c3c(cccc13)C(=O)N(c1ccc3[nH]c4ccc(N5C(=O)c6cccc7c(Cl)ccc(c67)C5=O)cc4c3c1)C2=O. The monoisotopic (exact) mass is 605 g/mol. The molecule has 0 bridgehead atoms. The Bertz CT molecular complexity index is 2350. The smallest absolute Gasteiger partial charge is 0.265 e. The van der Waals surface area contributed by atoms with Gasteiger partial charge in [-0.25, -0.2) is 9.80 Å². The fourth-order valence-corrected chi connectivity index (χ4v) is 7.14. The first-order chi connectivity index (χ1) is 21.8. The molecule has 2 aliphatic rings. The number of imide groups is 2. The summed E-state index contributed by atoms with van der Waals surface area (Å²) in [7, 11) is 0. The Balaban J connectivity index is 1.18. The predicted octanol–water partition coefficient (Wildman–Crippen LogP) is 8.19. The van der Waals surface area contributed by atoms with Crippen LogP contribution in [0.5, 0.6) is 0 Å². The standard InChI is InChI=1S/C37H20ClN3O4/c1-18-8-11-25-32-21(18)4-2-6-23(32)34(42)40(36(25)44)19-9-14-30-27(16-19)28-17-20(10-15-31(28)39-30)41-35(43)24-7-3-5-22-29(38)13-12-26(33(22)24)37(41)45/h2-17,39H,1H3. The summed E-state index contributed by atoms with van der Waals surface area (Å²) in [5.74, 6) is -1.65. The van der Waals surface area contributed by atoms with Crippen LogP contribution in [0.3, 0.4) is 0 Å². The molecule has 7 nitrogen and oxygen atoms in total. The van der Waals surface area contributed by atoms with E-state index in [9.17, 15) is 19.2 Å². The summed E-state index contributed by atoms with van der Waals surface area (Å²) < 4.78 is 0. The van der Waals surface area contributed by atoms with E-state index >= 15 is 0 Å². The minimum Gasteiger partial charge on any atom is -0.355 e. The lowest BCUT2D eigenvalue weighted by Gasteiger charge is -2.28. The van der Waals surface area contributed by atoms with Crippen molar-refractivity contribution >= 4 is 90.0 Å². The topological polar surface area (TPSA) is 90.6 Å². The first-order valence-electron chi connectivity index (χ1n) is 14.4. The van der Waals surface area contributed by atoms with Crippen LogP contribution in [0.25, 0.3) is 43.4 Å². The molecular weight excluding hydrogens is 586 g/mol. The number of halogens is 1. The van der Waals surface area contributed by atoms with E-state index in [2.05, 4.69) is 4.98 Å². The van der Waals surface area contributed by atoms with Gasteiger partial charge in [-0.3, -0.25) is 19.2 Å². The molecule has 0 saturated carbocycles. The van der Waals surface area contributed by atoms with E-state index < -0.39 is 11.8 Å². The summed E-state index contributed by atoms with van der Waals surface area (Å²) in [4.78, 5) is 60.9. The third-order valence-corrected chi connectivity index (χ3v) is 9.39. The maximum atomic E-state index is 13.8. The molecule has 1 aromatic heterocycles. The number of rotatable bonds is 2. The van der Waals surface area contributed by atoms with Gasteiger partial charge < -0.3 is 4.98 Å². The van der Waals surface area contributed by atoms with E-state index in [0.717, 1.165) is 32.8 Å².